The second kappa shape index (κ2) is 6.16. The highest BCUT2D eigenvalue weighted by atomic mass is 79.9. The van der Waals surface area contributed by atoms with Crippen LogP contribution >= 0.6 is 39.1 Å². The molecule has 1 heterocycles. The van der Waals surface area contributed by atoms with Crippen LogP contribution in [0.3, 0.4) is 0 Å². The number of carbonyl (C=O) groups excluding carboxylic acids is 1. The van der Waals surface area contributed by atoms with E-state index in [9.17, 15) is 9.18 Å². The highest BCUT2D eigenvalue weighted by Crippen LogP contribution is 2.23. The lowest BCUT2D eigenvalue weighted by molar-refractivity contribution is 0.0778. The van der Waals surface area contributed by atoms with Gasteiger partial charge >= 0.3 is 0 Å². The average Bonchev–Trinajstić information content (AvgIpc) is 2.73. The van der Waals surface area contributed by atoms with Crippen LogP contribution in [0.25, 0.3) is 0 Å². The van der Waals surface area contributed by atoms with Gasteiger partial charge in [-0.2, -0.15) is 0 Å². The zero-order chi connectivity index (χ0) is 14.9. The summed E-state index contributed by atoms with van der Waals surface area (Å²) in [6.45, 7) is 0.137. The SMILES string of the molecule is CN(Cc1cc(Br)ccc1F)C(=O)c1cc(Cl)c(Cl)[nH]1. The maximum Gasteiger partial charge on any atom is 0.270 e. The van der Waals surface area contributed by atoms with E-state index in [0.717, 1.165) is 4.47 Å². The van der Waals surface area contributed by atoms with Crippen LogP contribution in [0.5, 0.6) is 0 Å². The summed E-state index contributed by atoms with van der Waals surface area (Å²) >= 11 is 14.8. The van der Waals surface area contributed by atoms with E-state index < -0.39 is 0 Å². The van der Waals surface area contributed by atoms with Crippen LogP contribution in [-0.2, 0) is 6.54 Å². The number of aromatic amines is 1. The van der Waals surface area contributed by atoms with Crippen molar-refractivity contribution in [2.45, 2.75) is 6.54 Å². The van der Waals surface area contributed by atoms with Crippen molar-refractivity contribution in [2.75, 3.05) is 7.05 Å². The molecule has 0 fully saturated rings. The first-order chi connectivity index (χ1) is 9.38. The predicted molar refractivity (Wildman–Crippen MR) is 80.7 cm³/mol. The molecule has 0 aliphatic carbocycles. The normalized spacial score (nSPS) is 10.7. The molecular weight excluding hydrogens is 370 g/mol. The van der Waals surface area contributed by atoms with E-state index in [4.69, 9.17) is 23.2 Å². The monoisotopic (exact) mass is 378 g/mol. The number of rotatable bonds is 3. The van der Waals surface area contributed by atoms with Crippen molar-refractivity contribution < 1.29 is 9.18 Å². The lowest BCUT2D eigenvalue weighted by Gasteiger charge is -2.17. The summed E-state index contributed by atoms with van der Waals surface area (Å²) in [4.78, 5) is 16.2. The average molecular weight is 380 g/mol. The Morgan fingerprint density at radius 2 is 2.10 bits per heavy atom. The van der Waals surface area contributed by atoms with Gasteiger partial charge < -0.3 is 9.88 Å². The molecule has 1 N–H and O–H groups in total. The number of nitrogens with one attached hydrogen (secondary N) is 1. The van der Waals surface area contributed by atoms with Crippen LogP contribution in [0.1, 0.15) is 16.1 Å². The van der Waals surface area contributed by atoms with Crippen LogP contribution in [0.4, 0.5) is 4.39 Å². The molecule has 0 unspecified atom stereocenters. The second-order valence-corrected chi connectivity index (χ2v) is 5.94. The van der Waals surface area contributed by atoms with Gasteiger partial charge in [0, 0.05) is 23.6 Å². The number of hydrogen-bond donors (Lipinski definition) is 1. The van der Waals surface area contributed by atoms with Crippen LogP contribution in [0.2, 0.25) is 10.2 Å². The van der Waals surface area contributed by atoms with Crippen molar-refractivity contribution in [1.29, 1.82) is 0 Å². The van der Waals surface area contributed by atoms with Gasteiger partial charge in [0.05, 0.1) is 5.02 Å². The van der Waals surface area contributed by atoms with Crippen molar-refractivity contribution in [3.8, 4) is 0 Å². The standard InChI is InChI=1S/C13H10BrCl2FN2O/c1-19(6-7-4-8(14)2-3-10(7)17)13(20)11-5-9(15)12(16)18-11/h2-5,18H,6H2,1H3. The Bertz CT molecular complexity index is 640. The Morgan fingerprint density at radius 3 is 2.70 bits per heavy atom. The molecule has 0 aliphatic heterocycles. The van der Waals surface area contributed by atoms with Crippen LogP contribution in [0.15, 0.2) is 28.7 Å². The van der Waals surface area contributed by atoms with Gasteiger partial charge in [0.1, 0.15) is 16.7 Å². The highest BCUT2D eigenvalue weighted by Gasteiger charge is 2.17. The van der Waals surface area contributed by atoms with Crippen LogP contribution in [0, 0.1) is 5.82 Å². The number of aromatic nitrogens is 1. The minimum Gasteiger partial charge on any atom is -0.340 e. The first-order valence-corrected chi connectivity index (χ1v) is 7.16. The van der Waals surface area contributed by atoms with Crippen LogP contribution in [-0.4, -0.2) is 22.8 Å². The topological polar surface area (TPSA) is 36.1 Å². The smallest absolute Gasteiger partial charge is 0.270 e. The lowest BCUT2D eigenvalue weighted by atomic mass is 10.2. The van der Waals surface area contributed by atoms with Crippen molar-refractivity contribution in [2.24, 2.45) is 0 Å². The molecule has 0 saturated carbocycles. The third kappa shape index (κ3) is 3.34. The zero-order valence-corrected chi connectivity index (χ0v) is 13.5. The van der Waals surface area contributed by atoms with E-state index in [1.807, 2.05) is 0 Å². The summed E-state index contributed by atoms with van der Waals surface area (Å²) in [5, 5.41) is 0.481. The predicted octanol–water partition coefficient (Wildman–Crippen LogP) is 4.50. The Hall–Kier alpha value is -1.04. The summed E-state index contributed by atoms with van der Waals surface area (Å²) in [6, 6.07) is 6.03. The molecule has 2 rings (SSSR count). The number of benzene rings is 1. The fourth-order valence-electron chi connectivity index (χ4n) is 1.72. The fourth-order valence-corrected chi connectivity index (χ4v) is 2.44. The Labute approximate surface area is 133 Å². The molecule has 1 amide bonds. The fraction of sp³-hybridized carbons (Fsp3) is 0.154. The van der Waals surface area contributed by atoms with Crippen molar-refractivity contribution in [1.82, 2.24) is 9.88 Å². The summed E-state index contributed by atoms with van der Waals surface area (Å²) in [6.07, 6.45) is 0. The zero-order valence-electron chi connectivity index (χ0n) is 10.4. The number of hydrogen-bond acceptors (Lipinski definition) is 1. The Balaban J connectivity index is 2.17. The third-order valence-corrected chi connectivity index (χ3v) is 3.90. The van der Waals surface area contributed by atoms with Gasteiger partial charge in [-0.1, -0.05) is 39.1 Å². The molecule has 0 aliphatic rings. The van der Waals surface area contributed by atoms with E-state index in [2.05, 4.69) is 20.9 Å². The van der Waals surface area contributed by atoms with E-state index in [0.29, 0.717) is 5.56 Å². The highest BCUT2D eigenvalue weighted by molar-refractivity contribution is 9.10. The number of halogens is 4. The molecule has 0 radical (unpaired) electrons. The molecule has 0 saturated heterocycles. The lowest BCUT2D eigenvalue weighted by Crippen LogP contribution is -2.26. The van der Waals surface area contributed by atoms with Crippen LogP contribution < -0.4 is 0 Å². The largest absolute Gasteiger partial charge is 0.340 e. The second-order valence-electron chi connectivity index (χ2n) is 4.24. The summed E-state index contributed by atoms with van der Waals surface area (Å²) in [5.74, 6) is -0.687. The molecule has 3 nitrogen and oxygen atoms in total. The minimum atomic E-state index is -0.365. The van der Waals surface area contributed by atoms with Gasteiger partial charge in [-0.3, -0.25) is 4.79 Å². The third-order valence-electron chi connectivity index (χ3n) is 2.72. The van der Waals surface area contributed by atoms with Gasteiger partial charge in [0.2, 0.25) is 0 Å². The molecule has 20 heavy (non-hydrogen) atoms. The summed E-state index contributed by atoms with van der Waals surface area (Å²) < 4.78 is 14.4. The molecule has 2 aromatic rings. The molecule has 0 atom stereocenters. The molecule has 0 bridgehead atoms. The molecule has 1 aromatic carbocycles. The van der Waals surface area contributed by atoms with E-state index >= 15 is 0 Å². The first kappa shape index (κ1) is 15.4. The Kier molecular flexibility index (Phi) is 4.73. The number of carbonyl (C=O) groups is 1. The van der Waals surface area contributed by atoms with Gasteiger partial charge in [-0.15, -0.1) is 0 Å². The van der Waals surface area contributed by atoms with Crippen molar-refractivity contribution in [3.63, 3.8) is 0 Å². The van der Waals surface area contributed by atoms with E-state index in [-0.39, 0.29) is 34.1 Å². The molecule has 7 heteroatoms. The minimum absolute atomic E-state index is 0.137. The molecule has 106 valence electrons. The quantitative estimate of drug-likeness (QED) is 0.837. The van der Waals surface area contributed by atoms with Gasteiger partial charge in [0.15, 0.2) is 0 Å². The number of nitrogens with zero attached hydrogens (tertiary/aromatic N) is 1. The summed E-state index contributed by atoms with van der Waals surface area (Å²) in [7, 11) is 1.57. The maximum atomic E-state index is 13.7. The molecular formula is C13H10BrCl2FN2O. The molecule has 1 aromatic heterocycles. The molecule has 0 spiro atoms. The van der Waals surface area contributed by atoms with Crippen molar-refractivity contribution in [3.05, 3.63) is 56.0 Å². The number of H-pyrrole nitrogens is 1. The van der Waals surface area contributed by atoms with Gasteiger partial charge in [-0.25, -0.2) is 4.39 Å². The van der Waals surface area contributed by atoms with Gasteiger partial charge in [-0.05, 0) is 24.3 Å². The first-order valence-electron chi connectivity index (χ1n) is 5.62. The number of amides is 1. The summed E-state index contributed by atoms with van der Waals surface area (Å²) in [5.41, 5.74) is 0.678. The van der Waals surface area contributed by atoms with Crippen molar-refractivity contribution >= 4 is 45.0 Å². The Morgan fingerprint density at radius 1 is 1.40 bits per heavy atom. The maximum absolute atomic E-state index is 13.7. The van der Waals surface area contributed by atoms with Gasteiger partial charge in [0.25, 0.3) is 5.91 Å². The van der Waals surface area contributed by atoms with E-state index in [1.54, 1.807) is 19.2 Å². The van der Waals surface area contributed by atoms with E-state index in [1.165, 1.54) is 17.0 Å².